The van der Waals surface area contributed by atoms with E-state index in [-0.39, 0.29) is 64.2 Å². The number of ketones is 1. The van der Waals surface area contributed by atoms with Gasteiger partial charge in [-0.05, 0) is 48.7 Å². The average molecular weight is 563 g/mol. The first kappa shape index (κ1) is 29.6. The van der Waals surface area contributed by atoms with Gasteiger partial charge >= 0.3 is 29.6 Å². The van der Waals surface area contributed by atoms with Crippen LogP contribution in [0.3, 0.4) is 0 Å². The molecule has 14 heteroatoms. The van der Waals surface area contributed by atoms with Gasteiger partial charge in [-0.15, -0.1) is 4.40 Å². The van der Waals surface area contributed by atoms with Crippen molar-refractivity contribution >= 4 is 49.7 Å². The molecule has 196 valence electrons. The molecule has 0 spiro atoms. The largest absolute Gasteiger partial charge is 1.00 e. The molecule has 1 aliphatic heterocycles. The molecule has 0 fully saturated rings. The first-order chi connectivity index (χ1) is 16.8. The Bertz CT molecular complexity index is 1430. The fourth-order valence-electron chi connectivity index (χ4n) is 4.94. The number of Topliss-reactive ketones (excluding diaryl/α,β-unsaturated/α-hetero) is 1. The second-order valence-electron chi connectivity index (χ2n) is 8.77. The number of fused-ring (bicyclic) bond motifs is 2. The minimum absolute atomic E-state index is 0. The van der Waals surface area contributed by atoms with Gasteiger partial charge in [0.1, 0.15) is 22.0 Å². The smallest absolute Gasteiger partial charge is 1.00 e. The van der Waals surface area contributed by atoms with E-state index < -0.39 is 43.8 Å². The summed E-state index contributed by atoms with van der Waals surface area (Å²) in [4.78, 5) is 13.9. The minimum Gasteiger partial charge on any atom is -1.00 e. The molecule has 10 nitrogen and oxygen atoms in total. The van der Waals surface area contributed by atoms with Crippen LogP contribution < -0.4 is 44.7 Å². The van der Waals surface area contributed by atoms with Crippen molar-refractivity contribution in [2.75, 3.05) is 10.0 Å². The summed E-state index contributed by atoms with van der Waals surface area (Å²) < 4.78 is 64.6. The second-order valence-corrected chi connectivity index (χ2v) is 11.7. The normalized spacial score (nSPS) is 18.5. The van der Waals surface area contributed by atoms with Crippen molar-refractivity contribution < 1.29 is 62.8 Å². The Labute approximate surface area is 239 Å². The molecular formula is C23H28FN4NaO6S2. The van der Waals surface area contributed by atoms with E-state index in [1.807, 2.05) is 18.6 Å². The number of halogens is 1. The van der Waals surface area contributed by atoms with E-state index in [4.69, 9.17) is 5.14 Å². The van der Waals surface area contributed by atoms with Crippen molar-refractivity contribution in [3.05, 3.63) is 58.9 Å². The molecule has 4 rings (SSSR count). The molecule has 1 heterocycles. The van der Waals surface area contributed by atoms with Gasteiger partial charge in [-0.1, -0.05) is 43.5 Å². The topological polar surface area (TPSA) is 174 Å². The summed E-state index contributed by atoms with van der Waals surface area (Å²) in [5.74, 6) is -1.85. The van der Waals surface area contributed by atoms with Crippen LogP contribution in [-0.4, -0.2) is 34.2 Å². The number of carbonyl (C=O) groups is 1. The Kier molecular flexibility index (Phi) is 8.52. The molecule has 37 heavy (non-hydrogen) atoms. The Morgan fingerprint density at radius 1 is 1.16 bits per heavy atom. The number of hydrogen-bond donors (Lipinski definition) is 6. The number of nitrogens with two attached hydrogens (primary N) is 1. The number of anilines is 2. The second kappa shape index (κ2) is 10.7. The summed E-state index contributed by atoms with van der Waals surface area (Å²) in [7, 11) is -8.05. The fourth-order valence-corrected chi connectivity index (χ4v) is 6.59. The Morgan fingerprint density at radius 2 is 1.81 bits per heavy atom. The summed E-state index contributed by atoms with van der Waals surface area (Å²) in [6.07, 6.45) is 2.12. The summed E-state index contributed by atoms with van der Waals surface area (Å²) in [6, 6.07) is 7.76. The molecule has 2 aliphatic rings. The summed E-state index contributed by atoms with van der Waals surface area (Å²) in [5.41, 5.74) is -0.569. The van der Waals surface area contributed by atoms with Crippen molar-refractivity contribution in [1.82, 2.24) is 0 Å². The molecule has 0 radical (unpaired) electrons. The Morgan fingerprint density at radius 3 is 2.41 bits per heavy atom. The summed E-state index contributed by atoms with van der Waals surface area (Å²) >= 11 is 0. The molecule has 0 saturated heterocycles. The zero-order chi connectivity index (χ0) is 26.5. The van der Waals surface area contributed by atoms with Gasteiger partial charge in [-0.25, -0.2) is 9.53 Å². The predicted octanol–water partition coefficient (Wildman–Crippen LogP) is 1.80. The number of aliphatic hydroxyl groups excluding tert-OH is 1. The third-order valence-electron chi connectivity index (χ3n) is 6.25. The van der Waals surface area contributed by atoms with Crippen LogP contribution in [0.5, 0.6) is 0 Å². The van der Waals surface area contributed by atoms with Crippen LogP contribution >= 0.6 is 10.8 Å². The van der Waals surface area contributed by atoms with Gasteiger partial charge in [-0.3, -0.25) is 18.6 Å². The van der Waals surface area contributed by atoms with E-state index >= 15 is 0 Å². The number of rotatable bonds is 7. The van der Waals surface area contributed by atoms with Crippen LogP contribution in [0.15, 0.2) is 51.3 Å². The van der Waals surface area contributed by atoms with Gasteiger partial charge in [0.05, 0.1) is 16.8 Å². The monoisotopic (exact) mass is 562 g/mol. The molecule has 0 bridgehead atoms. The molecule has 0 amide bonds. The van der Waals surface area contributed by atoms with Gasteiger partial charge in [-0.2, -0.15) is 8.42 Å². The van der Waals surface area contributed by atoms with E-state index in [9.17, 15) is 31.8 Å². The SMILES string of the molecule is CCCC1(CCC)C(=O)C(C2=NS(O)(O)c3cc(NS(N)(=O)=O)ccc3N2)=C(O)c2cc(F)ccc21.[H-].[Na+]. The van der Waals surface area contributed by atoms with E-state index in [1.54, 1.807) is 0 Å². The predicted molar refractivity (Wildman–Crippen MR) is 139 cm³/mol. The first-order valence-corrected chi connectivity index (χ1v) is 14.3. The van der Waals surface area contributed by atoms with Crippen LogP contribution in [0.2, 0.25) is 0 Å². The maximum absolute atomic E-state index is 14.2. The fraction of sp³-hybridized carbons (Fsp3) is 0.304. The molecule has 2 aromatic carbocycles. The van der Waals surface area contributed by atoms with Gasteiger partial charge in [0.2, 0.25) is 0 Å². The van der Waals surface area contributed by atoms with E-state index in [0.717, 1.165) is 12.1 Å². The molecule has 0 unspecified atom stereocenters. The van der Waals surface area contributed by atoms with E-state index in [2.05, 4.69) is 9.71 Å². The first-order valence-electron chi connectivity index (χ1n) is 11.2. The van der Waals surface area contributed by atoms with Crippen LogP contribution in [0.25, 0.3) is 5.76 Å². The zero-order valence-electron chi connectivity index (χ0n) is 21.6. The van der Waals surface area contributed by atoms with Crippen molar-refractivity contribution in [1.29, 1.82) is 0 Å². The summed E-state index contributed by atoms with van der Waals surface area (Å²) in [5, 5.41) is 19.0. The number of benzene rings is 2. The molecule has 0 atom stereocenters. The van der Waals surface area contributed by atoms with Crippen molar-refractivity contribution in [3.63, 3.8) is 0 Å². The van der Waals surface area contributed by atoms with Gasteiger partial charge in [0, 0.05) is 5.56 Å². The van der Waals surface area contributed by atoms with E-state index in [0.29, 0.717) is 31.2 Å². The number of nitrogens with one attached hydrogen (secondary N) is 2. The molecule has 2 aromatic rings. The average Bonchev–Trinajstić information content (AvgIpc) is 2.77. The van der Waals surface area contributed by atoms with Gasteiger partial charge < -0.3 is 11.8 Å². The zero-order valence-corrected chi connectivity index (χ0v) is 24.2. The van der Waals surface area contributed by atoms with Gasteiger partial charge in [0.25, 0.3) is 10.2 Å². The standard InChI is InChI=1S/C23H27FN4O6S2.Na.H/c1-3-9-23(10-4-2)16-7-5-13(24)11-15(16)20(29)19(21(23)30)22-26-17-8-6-14(27-36(25,33)34)12-18(17)35(31,32)28-22;;/h5-8,11-12,27,29,31-32H,3-4,9-10H2,1-2H3,(H,26,28)(H2,25,33,34);;/q;+1;-1. The molecule has 1 aliphatic carbocycles. The van der Waals surface area contributed by atoms with Crippen LogP contribution in [0.4, 0.5) is 15.8 Å². The Balaban J connectivity index is 0.00000253. The third-order valence-corrected chi connectivity index (χ3v) is 8.13. The number of aliphatic hydroxyl groups is 1. The number of hydrogen-bond acceptors (Lipinski definition) is 8. The molecule has 0 aromatic heterocycles. The van der Waals surface area contributed by atoms with Gasteiger partial charge in [0.15, 0.2) is 11.6 Å². The van der Waals surface area contributed by atoms with Crippen molar-refractivity contribution in [2.45, 2.75) is 49.8 Å². The number of nitrogens with zero attached hydrogens (tertiary/aromatic N) is 1. The maximum Gasteiger partial charge on any atom is 1.00 e. The maximum atomic E-state index is 14.2. The molecular weight excluding hydrogens is 534 g/mol. The van der Waals surface area contributed by atoms with Crippen LogP contribution in [-0.2, 0) is 20.4 Å². The van der Waals surface area contributed by atoms with E-state index in [1.165, 1.54) is 24.3 Å². The quantitative estimate of drug-likeness (QED) is 0.279. The van der Waals surface area contributed by atoms with Crippen LogP contribution in [0.1, 0.15) is 52.1 Å². The Hall–Kier alpha value is -1.97. The van der Waals surface area contributed by atoms with Crippen molar-refractivity contribution in [3.8, 4) is 0 Å². The van der Waals surface area contributed by atoms with Crippen LogP contribution in [0, 0.1) is 5.82 Å². The molecule has 7 N–H and O–H groups in total. The summed E-state index contributed by atoms with van der Waals surface area (Å²) in [6.45, 7) is 3.84. The van der Waals surface area contributed by atoms with Crippen molar-refractivity contribution in [2.24, 2.45) is 9.54 Å². The minimum atomic E-state index is -4.12. The number of carbonyl (C=O) groups excluding carboxylic acids is 1. The number of amidine groups is 1. The third kappa shape index (κ3) is 5.45. The molecule has 0 saturated carbocycles.